The fraction of sp³-hybridized carbons (Fsp3) is 0.455. The predicted molar refractivity (Wildman–Crippen MR) is 63.1 cm³/mol. The molecule has 4 atom stereocenters. The molecule has 1 unspecified atom stereocenters. The summed E-state index contributed by atoms with van der Waals surface area (Å²) in [7, 11) is 0. The van der Waals surface area contributed by atoms with Crippen molar-refractivity contribution in [2.75, 3.05) is 6.61 Å². The first-order chi connectivity index (χ1) is 9.65. The third kappa shape index (κ3) is 1.83. The molecule has 0 spiro atoms. The maximum Gasteiger partial charge on any atom is 0.182 e. The Morgan fingerprint density at radius 1 is 1.35 bits per heavy atom. The van der Waals surface area contributed by atoms with E-state index < -0.39 is 31.0 Å². The number of hydrogen-bond donors (Lipinski definition) is 4. The first-order valence-electron chi connectivity index (χ1n) is 5.89. The van der Waals surface area contributed by atoms with Gasteiger partial charge in [0.05, 0.1) is 6.61 Å². The van der Waals surface area contributed by atoms with Crippen LogP contribution < -0.4 is 0 Å². The van der Waals surface area contributed by atoms with Crippen LogP contribution >= 0.6 is 0 Å². The van der Waals surface area contributed by atoms with E-state index in [0.29, 0.717) is 5.52 Å². The lowest BCUT2D eigenvalue weighted by Gasteiger charge is -2.11. The molecule has 1 aliphatic rings. The number of imidazole rings is 1. The molecule has 0 aromatic carbocycles. The number of rotatable bonds is 2. The average Bonchev–Trinajstić information content (AvgIpc) is 3.01. The molecule has 1 saturated heterocycles. The van der Waals surface area contributed by atoms with Gasteiger partial charge in [0, 0.05) is 0 Å². The minimum atomic E-state index is -1.23. The number of ether oxygens (including phenoxy) is 1. The first-order valence-corrected chi connectivity index (χ1v) is 5.89. The zero-order valence-electron chi connectivity index (χ0n) is 10.1. The van der Waals surface area contributed by atoms with Crippen molar-refractivity contribution in [2.45, 2.75) is 24.4 Å². The topological polar surface area (TPSA) is 148 Å². The van der Waals surface area contributed by atoms with Crippen molar-refractivity contribution < 1.29 is 20.1 Å². The first kappa shape index (κ1) is 12.9. The van der Waals surface area contributed by atoms with Crippen LogP contribution in [-0.4, -0.2) is 60.2 Å². The number of H-pyrrole nitrogens is 1. The minimum absolute atomic E-state index is 0.125. The molecule has 2 aromatic rings. The summed E-state index contributed by atoms with van der Waals surface area (Å²) in [5.74, 6) is 0.222. The fourth-order valence-electron chi connectivity index (χ4n) is 2.19. The lowest BCUT2D eigenvalue weighted by Crippen LogP contribution is -2.32. The van der Waals surface area contributed by atoms with E-state index in [4.69, 9.17) is 15.1 Å². The molecule has 0 radical (unpaired) electrons. The van der Waals surface area contributed by atoms with Crippen LogP contribution in [0.2, 0.25) is 0 Å². The van der Waals surface area contributed by atoms with Crippen LogP contribution in [0, 0.1) is 11.3 Å². The molecule has 2 aromatic heterocycles. The Morgan fingerprint density at radius 2 is 2.15 bits per heavy atom. The SMILES string of the molecule is N#Cc1ncnc2nc(C3O[C@H](CO)[C@@H](O)[C@H]3O)[nH]c12. The zero-order chi connectivity index (χ0) is 14.3. The van der Waals surface area contributed by atoms with Gasteiger partial charge in [0.25, 0.3) is 0 Å². The highest BCUT2D eigenvalue weighted by Gasteiger charge is 2.44. The molecule has 0 bridgehead atoms. The van der Waals surface area contributed by atoms with E-state index >= 15 is 0 Å². The second-order valence-electron chi connectivity index (χ2n) is 4.41. The molecule has 1 fully saturated rings. The van der Waals surface area contributed by atoms with E-state index in [1.54, 1.807) is 0 Å². The van der Waals surface area contributed by atoms with Crippen LogP contribution in [0.3, 0.4) is 0 Å². The molecule has 1 aliphatic heterocycles. The van der Waals surface area contributed by atoms with Crippen LogP contribution in [0.15, 0.2) is 6.33 Å². The zero-order valence-corrected chi connectivity index (χ0v) is 10.1. The molecule has 0 aliphatic carbocycles. The van der Waals surface area contributed by atoms with E-state index in [0.717, 1.165) is 0 Å². The van der Waals surface area contributed by atoms with Crippen LogP contribution in [0.4, 0.5) is 0 Å². The molecule has 0 saturated carbocycles. The average molecular weight is 277 g/mol. The number of nitrogens with zero attached hydrogens (tertiary/aromatic N) is 4. The van der Waals surface area contributed by atoms with Gasteiger partial charge in [-0.05, 0) is 0 Å². The van der Waals surface area contributed by atoms with Crippen molar-refractivity contribution in [1.29, 1.82) is 5.26 Å². The largest absolute Gasteiger partial charge is 0.394 e. The van der Waals surface area contributed by atoms with Gasteiger partial charge in [0.2, 0.25) is 0 Å². The fourth-order valence-corrected chi connectivity index (χ4v) is 2.19. The normalized spacial score (nSPS) is 29.7. The Kier molecular flexibility index (Phi) is 3.07. The summed E-state index contributed by atoms with van der Waals surface area (Å²) < 4.78 is 5.35. The predicted octanol–water partition coefficient (Wildman–Crippen LogP) is -1.62. The molecule has 104 valence electrons. The van der Waals surface area contributed by atoms with Gasteiger partial charge >= 0.3 is 0 Å². The lowest BCUT2D eigenvalue weighted by molar-refractivity contribution is -0.0249. The number of nitriles is 1. The van der Waals surface area contributed by atoms with Crippen LogP contribution in [0.25, 0.3) is 11.2 Å². The molecule has 9 heteroatoms. The minimum Gasteiger partial charge on any atom is -0.394 e. The summed E-state index contributed by atoms with van der Waals surface area (Å²) in [6, 6.07) is 1.90. The highest BCUT2D eigenvalue weighted by atomic mass is 16.6. The van der Waals surface area contributed by atoms with Gasteiger partial charge in [-0.15, -0.1) is 0 Å². The Bertz CT molecular complexity index is 681. The van der Waals surface area contributed by atoms with E-state index in [1.165, 1.54) is 6.33 Å². The summed E-state index contributed by atoms with van der Waals surface area (Å²) in [5, 5.41) is 37.6. The molecule has 0 amide bonds. The number of hydrogen-bond acceptors (Lipinski definition) is 8. The number of fused-ring (bicyclic) bond motifs is 1. The molecular formula is C11H11N5O4. The highest BCUT2D eigenvalue weighted by molar-refractivity contribution is 5.75. The summed E-state index contributed by atoms with van der Waals surface area (Å²) in [4.78, 5) is 14.6. The number of aliphatic hydroxyl groups is 3. The van der Waals surface area contributed by atoms with Crippen molar-refractivity contribution in [2.24, 2.45) is 0 Å². The van der Waals surface area contributed by atoms with E-state index in [2.05, 4.69) is 19.9 Å². The number of aromatic amines is 1. The number of aliphatic hydroxyl groups excluding tert-OH is 3. The van der Waals surface area contributed by atoms with Gasteiger partial charge in [-0.3, -0.25) is 0 Å². The van der Waals surface area contributed by atoms with Gasteiger partial charge in [-0.2, -0.15) is 5.26 Å². The van der Waals surface area contributed by atoms with Gasteiger partial charge in [0.1, 0.15) is 48.2 Å². The maximum absolute atomic E-state index is 9.92. The van der Waals surface area contributed by atoms with Crippen LogP contribution in [-0.2, 0) is 4.74 Å². The lowest BCUT2D eigenvalue weighted by atomic mass is 10.1. The smallest absolute Gasteiger partial charge is 0.182 e. The second-order valence-corrected chi connectivity index (χ2v) is 4.41. The summed E-state index contributed by atoms with van der Waals surface area (Å²) in [6.45, 7) is -0.418. The summed E-state index contributed by atoms with van der Waals surface area (Å²) >= 11 is 0. The Hall–Kier alpha value is -2.12. The van der Waals surface area contributed by atoms with Crippen molar-refractivity contribution >= 4 is 11.2 Å². The van der Waals surface area contributed by atoms with E-state index in [1.807, 2.05) is 6.07 Å². The number of nitrogens with one attached hydrogen (secondary N) is 1. The second kappa shape index (κ2) is 4.77. The Morgan fingerprint density at radius 3 is 2.80 bits per heavy atom. The third-order valence-electron chi connectivity index (χ3n) is 3.22. The summed E-state index contributed by atoms with van der Waals surface area (Å²) in [5.41, 5.74) is 0.729. The molecule has 9 nitrogen and oxygen atoms in total. The third-order valence-corrected chi connectivity index (χ3v) is 3.22. The quantitative estimate of drug-likeness (QED) is 0.511. The molecule has 4 N–H and O–H groups in total. The summed E-state index contributed by atoms with van der Waals surface area (Å²) in [6.07, 6.45) is -3.04. The van der Waals surface area contributed by atoms with Crippen molar-refractivity contribution in [3.63, 3.8) is 0 Å². The standard InChI is InChI=1S/C11H11N5O4/c12-1-4-6-10(14-3-13-4)16-11(15-6)9-8(19)7(18)5(2-17)20-9/h3,5,7-9,17-19H,2H2,(H,13,14,15,16)/t5-,7-,8-,9?/m1/s1. The van der Waals surface area contributed by atoms with Crippen molar-refractivity contribution in [3.05, 3.63) is 17.8 Å². The Labute approximate surface area is 112 Å². The maximum atomic E-state index is 9.92. The van der Waals surface area contributed by atoms with E-state index in [-0.39, 0.29) is 17.2 Å². The number of aromatic nitrogens is 4. The van der Waals surface area contributed by atoms with Gasteiger partial charge in [-0.25, -0.2) is 15.0 Å². The highest BCUT2D eigenvalue weighted by Crippen LogP contribution is 2.32. The molecule has 20 heavy (non-hydrogen) atoms. The molecule has 3 rings (SSSR count). The monoisotopic (exact) mass is 277 g/mol. The molecular weight excluding hydrogens is 266 g/mol. The Balaban J connectivity index is 2.02. The van der Waals surface area contributed by atoms with Crippen LogP contribution in [0.5, 0.6) is 0 Å². The van der Waals surface area contributed by atoms with E-state index in [9.17, 15) is 10.2 Å². The van der Waals surface area contributed by atoms with Crippen molar-refractivity contribution in [3.8, 4) is 6.07 Å². The van der Waals surface area contributed by atoms with Gasteiger partial charge in [0.15, 0.2) is 11.3 Å². The van der Waals surface area contributed by atoms with Gasteiger partial charge < -0.3 is 25.0 Å². The van der Waals surface area contributed by atoms with Crippen LogP contribution in [0.1, 0.15) is 17.6 Å². The van der Waals surface area contributed by atoms with Gasteiger partial charge in [-0.1, -0.05) is 0 Å². The van der Waals surface area contributed by atoms with Crippen molar-refractivity contribution in [1.82, 2.24) is 19.9 Å². The molecule has 3 heterocycles.